The summed E-state index contributed by atoms with van der Waals surface area (Å²) in [5, 5.41) is 8.86. The number of hydrogen-bond acceptors (Lipinski definition) is 3. The van der Waals surface area contributed by atoms with E-state index in [1.54, 1.807) is 9.80 Å². The Balaban J connectivity index is 1.55. The molecule has 2 aliphatic heterocycles. The highest BCUT2D eigenvalue weighted by atomic mass is 32.2. The van der Waals surface area contributed by atoms with Gasteiger partial charge in [0, 0.05) is 31.1 Å². The molecule has 2 atom stereocenters. The third-order valence-corrected chi connectivity index (χ3v) is 6.61. The number of nitrogens with zero attached hydrogens (tertiary/aromatic N) is 2. The van der Waals surface area contributed by atoms with E-state index in [4.69, 9.17) is 5.11 Å². The Bertz CT molecular complexity index is 674. The predicted octanol–water partition coefficient (Wildman–Crippen LogP) is 1.92. The summed E-state index contributed by atoms with van der Waals surface area (Å²) < 4.78 is 25.6. The second-order valence-corrected chi connectivity index (χ2v) is 8.22. The van der Waals surface area contributed by atoms with E-state index in [1.165, 1.54) is 24.3 Å². The van der Waals surface area contributed by atoms with E-state index in [1.807, 2.05) is 0 Å². The Morgan fingerprint density at radius 1 is 1.04 bits per heavy atom. The van der Waals surface area contributed by atoms with Crippen LogP contribution in [0.15, 0.2) is 29.2 Å². The number of hydrogen-bond donors (Lipinski definition) is 1. The summed E-state index contributed by atoms with van der Waals surface area (Å²) in [5.74, 6) is -1.54. The molecule has 6 nitrogen and oxygen atoms in total. The van der Waals surface area contributed by atoms with Crippen molar-refractivity contribution in [2.24, 2.45) is 5.92 Å². The van der Waals surface area contributed by atoms with Gasteiger partial charge in [-0.3, -0.25) is 9.00 Å². The molecule has 0 radical (unpaired) electrons. The Morgan fingerprint density at radius 3 is 2.24 bits per heavy atom. The molecule has 0 bridgehead atoms. The number of halogens is 1. The molecule has 3 rings (SSSR count). The van der Waals surface area contributed by atoms with Crippen molar-refractivity contribution >= 4 is 22.8 Å². The number of carboxylic acids is 1. The molecule has 2 saturated heterocycles. The summed E-state index contributed by atoms with van der Waals surface area (Å²) >= 11 is 0. The third kappa shape index (κ3) is 4.00. The van der Waals surface area contributed by atoms with Crippen LogP contribution < -0.4 is 0 Å². The Morgan fingerprint density at radius 2 is 1.64 bits per heavy atom. The zero-order valence-corrected chi connectivity index (χ0v) is 14.6. The van der Waals surface area contributed by atoms with Gasteiger partial charge in [0.1, 0.15) is 5.82 Å². The fraction of sp³-hybridized carbons (Fsp3) is 0.529. The number of urea groups is 1. The predicted molar refractivity (Wildman–Crippen MR) is 90.1 cm³/mol. The van der Waals surface area contributed by atoms with Crippen LogP contribution in [0, 0.1) is 11.7 Å². The highest BCUT2D eigenvalue weighted by molar-refractivity contribution is 7.85. The lowest BCUT2D eigenvalue weighted by atomic mass is 9.97. The van der Waals surface area contributed by atoms with E-state index < -0.39 is 16.8 Å². The molecule has 2 fully saturated rings. The number of amides is 2. The van der Waals surface area contributed by atoms with Crippen LogP contribution in [0.2, 0.25) is 0 Å². The highest BCUT2D eigenvalue weighted by Gasteiger charge is 2.35. The number of aliphatic carboxylic acids is 1. The van der Waals surface area contributed by atoms with Gasteiger partial charge in [-0.15, -0.1) is 0 Å². The van der Waals surface area contributed by atoms with Crippen molar-refractivity contribution < 1.29 is 23.3 Å². The first-order chi connectivity index (χ1) is 12.0. The number of carboxylic acid groups (broad SMARTS) is 1. The smallest absolute Gasteiger partial charge is 0.320 e. The van der Waals surface area contributed by atoms with Crippen LogP contribution in [0.4, 0.5) is 9.18 Å². The molecular formula is C17H21FN2O4S. The quantitative estimate of drug-likeness (QED) is 0.884. The molecule has 1 N–H and O–H groups in total. The van der Waals surface area contributed by atoms with Crippen LogP contribution in [0.25, 0.3) is 0 Å². The Labute approximate surface area is 148 Å². The first-order valence-corrected chi connectivity index (χ1v) is 9.60. The average Bonchev–Trinajstić information content (AvgIpc) is 3.11. The number of likely N-dealkylation sites (tertiary alicyclic amines) is 2. The molecule has 136 valence electrons. The molecule has 1 aromatic rings. The number of carbonyl (C=O) groups excluding carboxylic acids is 1. The second-order valence-electron chi connectivity index (χ2n) is 6.49. The molecule has 0 aromatic heterocycles. The average molecular weight is 368 g/mol. The lowest BCUT2D eigenvalue weighted by Crippen LogP contribution is -2.47. The van der Waals surface area contributed by atoms with Gasteiger partial charge in [0.05, 0.1) is 22.0 Å². The lowest BCUT2D eigenvalue weighted by molar-refractivity contribution is -0.143. The summed E-state index contributed by atoms with van der Waals surface area (Å²) in [6.45, 7) is 1.83. The maximum Gasteiger partial charge on any atom is 0.320 e. The maximum atomic E-state index is 13.0. The van der Waals surface area contributed by atoms with E-state index in [0.717, 1.165) is 0 Å². The van der Waals surface area contributed by atoms with Crippen LogP contribution in [0.1, 0.15) is 19.3 Å². The van der Waals surface area contributed by atoms with Gasteiger partial charge in [-0.2, -0.15) is 0 Å². The first kappa shape index (κ1) is 17.8. The van der Waals surface area contributed by atoms with Gasteiger partial charge in [0.2, 0.25) is 0 Å². The van der Waals surface area contributed by atoms with Crippen LogP contribution in [0.3, 0.4) is 0 Å². The topological polar surface area (TPSA) is 77.9 Å². The van der Waals surface area contributed by atoms with Crippen molar-refractivity contribution in [1.29, 1.82) is 0 Å². The number of rotatable bonds is 3. The highest BCUT2D eigenvalue weighted by Crippen LogP contribution is 2.24. The molecule has 2 amide bonds. The summed E-state index contributed by atoms with van der Waals surface area (Å²) in [4.78, 5) is 27.5. The van der Waals surface area contributed by atoms with Gasteiger partial charge < -0.3 is 14.9 Å². The summed E-state index contributed by atoms with van der Waals surface area (Å²) in [6.07, 6.45) is 1.58. The van der Waals surface area contributed by atoms with Gasteiger partial charge >= 0.3 is 12.0 Å². The molecule has 8 heteroatoms. The van der Waals surface area contributed by atoms with E-state index in [-0.39, 0.29) is 23.0 Å². The SMILES string of the molecule is O=C(O)C1CCN(C(=O)N2CCC(S(=O)c3ccc(F)cc3)C2)CC1. The Hall–Kier alpha value is -1.96. The van der Waals surface area contributed by atoms with Crippen molar-refractivity contribution in [2.45, 2.75) is 29.4 Å². The van der Waals surface area contributed by atoms with Crippen LogP contribution in [0.5, 0.6) is 0 Å². The van der Waals surface area contributed by atoms with Gasteiger partial charge in [0.25, 0.3) is 0 Å². The molecule has 0 spiro atoms. The van der Waals surface area contributed by atoms with Gasteiger partial charge in [-0.25, -0.2) is 9.18 Å². The number of carbonyl (C=O) groups is 2. The molecule has 25 heavy (non-hydrogen) atoms. The number of benzene rings is 1. The fourth-order valence-corrected chi connectivity index (χ4v) is 4.78. The maximum absolute atomic E-state index is 13.0. The lowest BCUT2D eigenvalue weighted by Gasteiger charge is -2.33. The normalized spacial score (nSPS) is 22.8. The summed E-state index contributed by atoms with van der Waals surface area (Å²) in [6, 6.07) is 5.51. The second kappa shape index (κ2) is 7.51. The summed E-state index contributed by atoms with van der Waals surface area (Å²) in [5.41, 5.74) is 0. The minimum absolute atomic E-state index is 0.109. The van der Waals surface area contributed by atoms with E-state index >= 15 is 0 Å². The van der Waals surface area contributed by atoms with E-state index in [9.17, 15) is 18.2 Å². The van der Waals surface area contributed by atoms with E-state index in [2.05, 4.69) is 0 Å². The largest absolute Gasteiger partial charge is 0.481 e. The Kier molecular flexibility index (Phi) is 5.36. The third-order valence-electron chi connectivity index (χ3n) is 4.88. The van der Waals surface area contributed by atoms with Crippen molar-refractivity contribution in [3.63, 3.8) is 0 Å². The fourth-order valence-electron chi connectivity index (χ4n) is 3.36. The molecule has 2 aliphatic rings. The molecule has 0 saturated carbocycles. The number of piperidine rings is 1. The molecule has 2 unspecified atom stereocenters. The van der Waals surface area contributed by atoms with Crippen molar-refractivity contribution in [1.82, 2.24) is 9.80 Å². The minimum Gasteiger partial charge on any atom is -0.481 e. The zero-order chi connectivity index (χ0) is 18.0. The van der Waals surface area contributed by atoms with Gasteiger partial charge in [-0.1, -0.05) is 0 Å². The monoisotopic (exact) mass is 368 g/mol. The van der Waals surface area contributed by atoms with Crippen molar-refractivity contribution in [3.8, 4) is 0 Å². The molecule has 1 aromatic carbocycles. The standard InChI is InChI=1S/C17H21FN2O4S/c18-13-1-3-14(4-2-13)25(24)15-7-10-20(11-15)17(23)19-8-5-12(6-9-19)16(21)22/h1-4,12,15H,5-11H2,(H,21,22). The molecule has 2 heterocycles. The van der Waals surface area contributed by atoms with Crippen LogP contribution >= 0.6 is 0 Å². The van der Waals surface area contributed by atoms with E-state index in [0.29, 0.717) is 50.3 Å². The molecular weight excluding hydrogens is 347 g/mol. The molecule has 0 aliphatic carbocycles. The zero-order valence-electron chi connectivity index (χ0n) is 13.8. The van der Waals surface area contributed by atoms with Crippen molar-refractivity contribution in [2.75, 3.05) is 26.2 Å². The van der Waals surface area contributed by atoms with Gasteiger partial charge in [-0.05, 0) is 43.5 Å². The first-order valence-electron chi connectivity index (χ1n) is 8.38. The van der Waals surface area contributed by atoms with Crippen LogP contribution in [-0.2, 0) is 15.6 Å². The van der Waals surface area contributed by atoms with Gasteiger partial charge in [0.15, 0.2) is 0 Å². The minimum atomic E-state index is -1.28. The summed E-state index contributed by atoms with van der Waals surface area (Å²) in [7, 11) is -1.28. The van der Waals surface area contributed by atoms with Crippen molar-refractivity contribution in [3.05, 3.63) is 30.1 Å². The van der Waals surface area contributed by atoms with Crippen LogP contribution in [-0.4, -0.2) is 62.5 Å².